The van der Waals surface area contributed by atoms with Gasteiger partial charge >= 0.3 is 0 Å². The Morgan fingerprint density at radius 2 is 1.44 bits per heavy atom. The molecule has 0 saturated carbocycles. The number of hydrogen-bond donors (Lipinski definition) is 0. The third kappa shape index (κ3) is 4.98. The normalized spacial score (nSPS) is 10.4. The fourth-order valence-corrected chi connectivity index (χ4v) is 2.81. The van der Waals surface area contributed by atoms with Gasteiger partial charge in [-0.3, -0.25) is 20.2 Å². The molecule has 0 amide bonds. The van der Waals surface area contributed by atoms with E-state index in [9.17, 15) is 20.2 Å². The van der Waals surface area contributed by atoms with E-state index in [2.05, 4.69) is 30.1 Å². The molecule has 164 valence electrons. The van der Waals surface area contributed by atoms with Gasteiger partial charge < -0.3 is 0 Å². The minimum absolute atomic E-state index is 0.152. The Morgan fingerprint density at radius 3 is 1.84 bits per heavy atom. The third-order valence-electron chi connectivity index (χ3n) is 3.78. The van der Waals surface area contributed by atoms with Crippen LogP contribution in [0.25, 0.3) is 11.6 Å². The maximum Gasteiger partial charge on any atom is 0.289 e. The first kappa shape index (κ1) is 22.6. The number of nitrogens with zero attached hydrogens (tertiary/aromatic N) is 10. The average molecular weight is 479 g/mol. The van der Waals surface area contributed by atoms with Crippen LogP contribution in [-0.2, 0) is 0 Å². The van der Waals surface area contributed by atoms with Crippen LogP contribution >= 0.6 is 23.2 Å². The molecule has 4 aromatic heterocycles. The summed E-state index contributed by atoms with van der Waals surface area (Å²) < 4.78 is 2.77. The summed E-state index contributed by atoms with van der Waals surface area (Å²) in [5, 5.41) is 29.2. The molecule has 0 aromatic carbocycles. The van der Waals surface area contributed by atoms with Crippen molar-refractivity contribution in [1.82, 2.24) is 39.5 Å². The molecular weight excluding hydrogens is 467 g/mol. The summed E-state index contributed by atoms with van der Waals surface area (Å²) >= 11 is 11.7. The van der Waals surface area contributed by atoms with Gasteiger partial charge in [0.05, 0.1) is 19.9 Å². The van der Waals surface area contributed by atoms with Gasteiger partial charge in [-0.1, -0.05) is 23.2 Å². The second-order valence-corrected chi connectivity index (χ2v) is 6.78. The molecule has 32 heavy (non-hydrogen) atoms. The lowest BCUT2D eigenvalue weighted by Gasteiger charge is -2.03. The van der Waals surface area contributed by atoms with Crippen molar-refractivity contribution in [3.8, 4) is 11.6 Å². The van der Waals surface area contributed by atoms with Crippen LogP contribution in [-0.4, -0.2) is 49.3 Å². The molecule has 0 atom stereocenters. The summed E-state index contributed by atoms with van der Waals surface area (Å²) in [6.07, 6.45) is 5.05. The number of aromatic nitrogens is 8. The predicted molar refractivity (Wildman–Crippen MR) is 111 cm³/mol. The molecule has 0 aliphatic heterocycles. The highest BCUT2D eigenvalue weighted by molar-refractivity contribution is 6.32. The van der Waals surface area contributed by atoms with E-state index in [1.54, 1.807) is 13.8 Å². The molecule has 0 aliphatic carbocycles. The van der Waals surface area contributed by atoms with Gasteiger partial charge in [-0.05, 0) is 13.8 Å². The Kier molecular flexibility index (Phi) is 6.65. The largest absolute Gasteiger partial charge is 0.289 e. The van der Waals surface area contributed by atoms with Crippen LogP contribution in [0, 0.1) is 34.1 Å². The van der Waals surface area contributed by atoms with Crippen LogP contribution in [0.15, 0.2) is 37.2 Å². The smallest absolute Gasteiger partial charge is 0.258 e. The zero-order chi connectivity index (χ0) is 23.4. The second-order valence-electron chi connectivity index (χ2n) is 5.97. The summed E-state index contributed by atoms with van der Waals surface area (Å²) in [4.78, 5) is 35.4. The van der Waals surface area contributed by atoms with Gasteiger partial charge in [0.15, 0.2) is 11.6 Å². The van der Waals surface area contributed by atoms with E-state index in [-0.39, 0.29) is 21.4 Å². The molecule has 14 nitrogen and oxygen atoms in total. The van der Waals surface area contributed by atoms with Crippen molar-refractivity contribution >= 4 is 34.6 Å². The molecule has 4 heterocycles. The van der Waals surface area contributed by atoms with E-state index in [1.807, 2.05) is 0 Å². The molecule has 0 N–H and O–H groups in total. The molecule has 0 spiro atoms. The van der Waals surface area contributed by atoms with E-state index in [1.165, 1.54) is 34.2 Å². The summed E-state index contributed by atoms with van der Waals surface area (Å²) in [6.45, 7) is 3.45. The van der Waals surface area contributed by atoms with Gasteiger partial charge in [0.25, 0.3) is 11.4 Å². The SMILES string of the molecule is Cc1ncn(-c2ncc([N+](=O)[O-])cc2Cl)n1.Cc1ncnn1-c1ncc([N+](=O)[O-])cc1Cl. The van der Waals surface area contributed by atoms with Crippen molar-refractivity contribution in [2.24, 2.45) is 0 Å². The van der Waals surface area contributed by atoms with Crippen LogP contribution in [0.5, 0.6) is 0 Å². The molecule has 16 heteroatoms. The molecule has 0 aliphatic rings. The van der Waals surface area contributed by atoms with Gasteiger partial charge in [-0.15, -0.1) is 0 Å². The zero-order valence-electron chi connectivity index (χ0n) is 16.3. The molecule has 0 unspecified atom stereocenters. The zero-order valence-corrected chi connectivity index (χ0v) is 17.8. The van der Waals surface area contributed by atoms with E-state index < -0.39 is 9.85 Å². The predicted octanol–water partition coefficient (Wildman–Crippen LogP) is 3.06. The lowest BCUT2D eigenvalue weighted by Crippen LogP contribution is -2.03. The topological polar surface area (TPSA) is 173 Å². The first-order valence-corrected chi connectivity index (χ1v) is 9.28. The van der Waals surface area contributed by atoms with Gasteiger partial charge in [0, 0.05) is 12.1 Å². The number of aryl methyl sites for hydroxylation is 2. The van der Waals surface area contributed by atoms with Crippen molar-refractivity contribution in [3.63, 3.8) is 0 Å². The van der Waals surface area contributed by atoms with Gasteiger partial charge in [0.2, 0.25) is 0 Å². The standard InChI is InChI=1S/2C8H6ClN5O2/c1-5-11-4-13(12-5)8-7(9)2-6(3-10-8)14(15)16;1-5-11-4-12-13(5)8-7(9)2-6(3-10-8)14(15)16/h2*2-4H,1H3. The lowest BCUT2D eigenvalue weighted by molar-refractivity contribution is -0.385. The van der Waals surface area contributed by atoms with Crippen molar-refractivity contribution in [3.05, 3.63) is 79.1 Å². The number of halogens is 2. The van der Waals surface area contributed by atoms with Crippen molar-refractivity contribution in [1.29, 1.82) is 0 Å². The van der Waals surface area contributed by atoms with Crippen LogP contribution in [0.3, 0.4) is 0 Å². The highest BCUT2D eigenvalue weighted by atomic mass is 35.5. The van der Waals surface area contributed by atoms with Crippen LogP contribution in [0.1, 0.15) is 11.6 Å². The molecule has 4 rings (SSSR count). The third-order valence-corrected chi connectivity index (χ3v) is 4.33. The Labute approximate surface area is 188 Å². The molecule has 0 fully saturated rings. The molecule has 0 bridgehead atoms. The maximum atomic E-state index is 10.5. The monoisotopic (exact) mass is 478 g/mol. The fraction of sp³-hybridized carbons (Fsp3) is 0.125. The highest BCUT2D eigenvalue weighted by Crippen LogP contribution is 2.23. The van der Waals surface area contributed by atoms with Gasteiger partial charge in [-0.2, -0.15) is 14.9 Å². The van der Waals surface area contributed by atoms with Crippen LogP contribution in [0.4, 0.5) is 11.4 Å². The number of hydrogen-bond acceptors (Lipinski definition) is 10. The Morgan fingerprint density at radius 1 is 0.875 bits per heavy atom. The van der Waals surface area contributed by atoms with Gasteiger partial charge in [0.1, 0.15) is 36.7 Å². The average Bonchev–Trinajstić information content (AvgIpc) is 3.36. The van der Waals surface area contributed by atoms with Crippen molar-refractivity contribution < 1.29 is 9.85 Å². The maximum absolute atomic E-state index is 10.5. The number of pyridine rings is 2. The lowest BCUT2D eigenvalue weighted by atomic mass is 10.4. The molecule has 0 radical (unpaired) electrons. The summed E-state index contributed by atoms with van der Waals surface area (Å²) in [6, 6.07) is 2.45. The van der Waals surface area contributed by atoms with E-state index in [0.717, 1.165) is 12.4 Å². The summed E-state index contributed by atoms with van der Waals surface area (Å²) in [5.41, 5.74) is -0.322. The minimum Gasteiger partial charge on any atom is -0.258 e. The Hall–Kier alpha value is -4.04. The van der Waals surface area contributed by atoms with Crippen molar-refractivity contribution in [2.75, 3.05) is 0 Å². The van der Waals surface area contributed by atoms with E-state index in [4.69, 9.17) is 23.2 Å². The molecule has 4 aromatic rings. The summed E-state index contributed by atoms with van der Waals surface area (Å²) in [7, 11) is 0. The molecule has 0 saturated heterocycles. The number of rotatable bonds is 4. The summed E-state index contributed by atoms with van der Waals surface area (Å²) in [5.74, 6) is 1.80. The minimum atomic E-state index is -0.560. The van der Waals surface area contributed by atoms with Crippen LogP contribution in [0.2, 0.25) is 10.0 Å². The second kappa shape index (κ2) is 9.40. The van der Waals surface area contributed by atoms with E-state index in [0.29, 0.717) is 23.3 Å². The van der Waals surface area contributed by atoms with Gasteiger partial charge in [-0.25, -0.2) is 24.6 Å². The molecular formula is C16H12Cl2N10O4. The first-order chi connectivity index (χ1) is 15.2. The van der Waals surface area contributed by atoms with E-state index >= 15 is 0 Å². The highest BCUT2D eigenvalue weighted by Gasteiger charge is 2.14. The Bertz CT molecular complexity index is 1310. The van der Waals surface area contributed by atoms with Crippen LogP contribution < -0.4 is 0 Å². The Balaban J connectivity index is 0.000000181. The first-order valence-electron chi connectivity index (χ1n) is 8.53. The quantitative estimate of drug-likeness (QED) is 0.313. The fourth-order valence-electron chi connectivity index (χ4n) is 2.32. The van der Waals surface area contributed by atoms with Crippen molar-refractivity contribution in [2.45, 2.75) is 13.8 Å². The number of nitro groups is 2.